The van der Waals surface area contributed by atoms with Gasteiger partial charge in [0.15, 0.2) is 42.0 Å². The van der Waals surface area contributed by atoms with E-state index in [2.05, 4.69) is 15.3 Å². The minimum atomic E-state index is -0.861. The minimum absolute atomic E-state index is 0.121. The summed E-state index contributed by atoms with van der Waals surface area (Å²) in [5.41, 5.74) is 8.61. The van der Waals surface area contributed by atoms with E-state index in [1.807, 2.05) is 56.3 Å². The Morgan fingerprint density at radius 2 is 1.16 bits per heavy atom. The number of nitrogens with one attached hydrogen (secondary N) is 1. The second kappa shape index (κ2) is 17.2. The highest BCUT2D eigenvalue weighted by Gasteiger charge is 2.27. The Kier molecular flexibility index (Phi) is 11.4. The summed E-state index contributed by atoms with van der Waals surface area (Å²) in [6, 6.07) is 18.3. The molecule has 0 spiro atoms. The molecule has 6 heterocycles. The number of fused-ring (bicyclic) bond motifs is 2. The summed E-state index contributed by atoms with van der Waals surface area (Å²) in [5, 5.41) is 3.01. The van der Waals surface area contributed by atoms with Crippen molar-refractivity contribution in [2.75, 3.05) is 18.4 Å². The molecule has 17 heteroatoms. The number of aromatic nitrogens is 2. The third kappa shape index (κ3) is 8.68. The van der Waals surface area contributed by atoms with E-state index < -0.39 is 23.8 Å². The van der Waals surface area contributed by atoms with E-state index in [-0.39, 0.29) is 73.1 Å². The van der Waals surface area contributed by atoms with Gasteiger partial charge in [0.1, 0.15) is 11.4 Å². The van der Waals surface area contributed by atoms with Crippen molar-refractivity contribution in [1.82, 2.24) is 19.8 Å². The van der Waals surface area contributed by atoms with Crippen LogP contribution in [0.2, 0.25) is 0 Å². The number of benzene rings is 2. The number of ketones is 1. The fraction of sp³-hybridized carbons (Fsp3) is 0.289. The van der Waals surface area contributed by atoms with Crippen LogP contribution < -0.4 is 17.0 Å². The Labute approximate surface area is 353 Å². The molecule has 0 bridgehead atoms. The average molecular weight is 844 g/mol. The zero-order valence-electron chi connectivity index (χ0n) is 34.3. The molecule has 2 aliphatic rings. The van der Waals surface area contributed by atoms with Gasteiger partial charge in [-0.05, 0) is 84.8 Å². The fourth-order valence-corrected chi connectivity index (χ4v) is 7.55. The van der Waals surface area contributed by atoms with Crippen LogP contribution in [0.15, 0.2) is 87.9 Å². The van der Waals surface area contributed by atoms with Gasteiger partial charge in [-0.3, -0.25) is 9.59 Å². The van der Waals surface area contributed by atoms with E-state index in [4.69, 9.17) is 27.1 Å². The largest absolute Gasteiger partial charge is 0.519 e. The molecule has 0 saturated carbocycles. The predicted octanol–water partition coefficient (Wildman–Crippen LogP) is 6.54. The van der Waals surface area contributed by atoms with Gasteiger partial charge in [0.25, 0.3) is 5.91 Å². The van der Waals surface area contributed by atoms with Crippen molar-refractivity contribution in [3.8, 4) is 11.1 Å². The third-order valence-corrected chi connectivity index (χ3v) is 11.1. The molecular weight excluding hydrogens is 803 g/mol. The number of hydrogen-bond acceptors (Lipinski definition) is 14. The van der Waals surface area contributed by atoms with Crippen LogP contribution in [0.1, 0.15) is 83.2 Å². The summed E-state index contributed by atoms with van der Waals surface area (Å²) in [5.74, 6) is -1.46. The highest BCUT2D eigenvalue weighted by molar-refractivity contribution is 6.04. The molecule has 62 heavy (non-hydrogen) atoms. The number of anilines is 1. The van der Waals surface area contributed by atoms with Gasteiger partial charge in [0.05, 0.1) is 13.1 Å². The first-order chi connectivity index (χ1) is 29.8. The number of ether oxygens (including phenoxy) is 2. The molecule has 318 valence electrons. The van der Waals surface area contributed by atoms with Crippen molar-refractivity contribution >= 4 is 29.6 Å². The highest BCUT2D eigenvalue weighted by atomic mass is 16.6. The Balaban J connectivity index is 0.888. The monoisotopic (exact) mass is 843 g/mol. The first-order valence-electron chi connectivity index (χ1n) is 19.8. The molecule has 4 aromatic heterocycles. The van der Waals surface area contributed by atoms with Crippen LogP contribution in [0.3, 0.4) is 0 Å². The van der Waals surface area contributed by atoms with Gasteiger partial charge < -0.3 is 42.3 Å². The van der Waals surface area contributed by atoms with Gasteiger partial charge >= 0.3 is 23.8 Å². The molecule has 0 saturated heterocycles. The summed E-state index contributed by atoms with van der Waals surface area (Å²) >= 11 is 0. The minimum Gasteiger partial charge on any atom is -0.441 e. The van der Waals surface area contributed by atoms with E-state index in [0.29, 0.717) is 43.0 Å². The maximum absolute atomic E-state index is 13.6. The number of amides is 3. The van der Waals surface area contributed by atoms with Crippen LogP contribution in [0.25, 0.3) is 11.1 Å². The Morgan fingerprint density at radius 1 is 0.645 bits per heavy atom. The second-order valence-electron chi connectivity index (χ2n) is 15.0. The van der Waals surface area contributed by atoms with Crippen molar-refractivity contribution in [3.63, 3.8) is 0 Å². The summed E-state index contributed by atoms with van der Waals surface area (Å²) in [6.45, 7) is 7.68. The molecule has 0 radical (unpaired) electrons. The fourth-order valence-electron chi connectivity index (χ4n) is 7.55. The SMILES string of the molecule is Cc1oc(=O)oc1COC(=O)N1CCc2nc(C(=O)Cc3cccc(-c4cccc(NC(=O)c5ccc6c(n5)CCN(C(=O)OCc5oc(=O)oc5C)C6)c4C)c3C)ccc2C1. The summed E-state index contributed by atoms with van der Waals surface area (Å²) in [7, 11) is 0. The molecule has 2 aliphatic heterocycles. The smallest absolute Gasteiger partial charge is 0.441 e. The lowest BCUT2D eigenvalue weighted by molar-refractivity contribution is 0.0844. The number of carbonyl (C=O) groups excluding carboxylic acids is 4. The maximum Gasteiger partial charge on any atom is 0.519 e. The Morgan fingerprint density at radius 3 is 1.71 bits per heavy atom. The van der Waals surface area contributed by atoms with Crippen LogP contribution in [0.4, 0.5) is 15.3 Å². The number of carbonyl (C=O) groups is 4. The second-order valence-corrected chi connectivity index (χ2v) is 15.0. The lowest BCUT2D eigenvalue weighted by atomic mass is 9.91. The zero-order valence-corrected chi connectivity index (χ0v) is 34.3. The molecule has 6 aromatic rings. The lowest BCUT2D eigenvalue weighted by Crippen LogP contribution is -2.37. The molecule has 1 N–H and O–H groups in total. The summed E-state index contributed by atoms with van der Waals surface area (Å²) in [6.07, 6.45) is -0.180. The van der Waals surface area contributed by atoms with Gasteiger partial charge in [-0.25, -0.2) is 29.1 Å². The molecule has 0 atom stereocenters. The summed E-state index contributed by atoms with van der Waals surface area (Å²) < 4.78 is 30.1. The third-order valence-electron chi connectivity index (χ3n) is 11.1. The maximum atomic E-state index is 13.6. The van der Waals surface area contributed by atoms with Crippen LogP contribution in [-0.2, 0) is 55.0 Å². The topological polar surface area (TPSA) is 218 Å². The Hall–Kier alpha value is -7.56. The summed E-state index contributed by atoms with van der Waals surface area (Å²) in [4.78, 5) is 87.6. The highest BCUT2D eigenvalue weighted by Crippen LogP contribution is 2.33. The van der Waals surface area contributed by atoms with Crippen molar-refractivity contribution in [3.05, 3.63) is 156 Å². The lowest BCUT2D eigenvalue weighted by Gasteiger charge is -2.27. The van der Waals surface area contributed by atoms with E-state index in [1.165, 1.54) is 9.80 Å². The number of Topliss-reactive ketones (excluding diaryl/α,β-unsaturated/α-hetero) is 1. The van der Waals surface area contributed by atoms with E-state index in [9.17, 15) is 28.8 Å². The van der Waals surface area contributed by atoms with Gasteiger partial charge in [-0.15, -0.1) is 0 Å². The number of rotatable bonds is 10. The number of nitrogens with zero attached hydrogens (tertiary/aromatic N) is 4. The molecule has 0 aliphatic carbocycles. The number of hydrogen-bond donors (Lipinski definition) is 1. The molecule has 0 fully saturated rings. The number of pyridine rings is 2. The zero-order chi connectivity index (χ0) is 43.7. The Bertz CT molecular complexity index is 2670. The first kappa shape index (κ1) is 41.2. The van der Waals surface area contributed by atoms with Crippen LogP contribution >= 0.6 is 0 Å². The molecule has 0 unspecified atom stereocenters. The average Bonchev–Trinajstić information content (AvgIpc) is 3.78. The first-order valence-corrected chi connectivity index (χ1v) is 19.8. The van der Waals surface area contributed by atoms with Gasteiger partial charge in [0.2, 0.25) is 0 Å². The van der Waals surface area contributed by atoms with Gasteiger partial charge in [-0.2, -0.15) is 0 Å². The quantitative estimate of drug-likeness (QED) is 0.145. The van der Waals surface area contributed by atoms with Gasteiger partial charge in [0, 0.05) is 49.4 Å². The standard InChI is InChI=1S/C45H41N5O12/c1-24-28(19-38(51)36-13-11-29-20-49(17-15-34(29)46-36)42(53)57-22-39-26(3)59-44(55)61-39)7-5-8-31(24)32-9-6-10-33(25(32)2)48-41(52)37-14-12-30-21-50(18-16-35(30)47-37)43(54)58-23-40-27(4)60-45(56)62-40/h5-14H,15-23H2,1-4H3,(H,48,52). The van der Waals surface area contributed by atoms with Crippen LogP contribution in [0.5, 0.6) is 0 Å². The molecule has 2 aromatic carbocycles. The van der Waals surface area contributed by atoms with Gasteiger partial charge in [-0.1, -0.05) is 42.5 Å². The van der Waals surface area contributed by atoms with E-state index in [0.717, 1.165) is 44.6 Å². The normalized spacial score (nSPS) is 13.3. The molecule has 17 nitrogen and oxygen atoms in total. The van der Waals surface area contributed by atoms with Crippen LogP contribution in [0, 0.1) is 27.7 Å². The molecular formula is C45H41N5O12. The van der Waals surface area contributed by atoms with Crippen molar-refractivity contribution in [1.29, 1.82) is 0 Å². The molecule has 8 rings (SSSR count). The van der Waals surface area contributed by atoms with Crippen molar-refractivity contribution in [2.24, 2.45) is 0 Å². The molecule has 3 amide bonds. The van der Waals surface area contributed by atoms with E-state index >= 15 is 0 Å². The predicted molar refractivity (Wildman–Crippen MR) is 218 cm³/mol. The van der Waals surface area contributed by atoms with Crippen LogP contribution in [-0.4, -0.2) is 56.7 Å². The number of aryl methyl sites for hydroxylation is 2. The van der Waals surface area contributed by atoms with Crippen molar-refractivity contribution < 1.29 is 46.3 Å². The van der Waals surface area contributed by atoms with Crippen molar-refractivity contribution in [2.45, 2.75) is 73.3 Å². The van der Waals surface area contributed by atoms with E-state index in [1.54, 1.807) is 32.0 Å².